The molecule has 0 spiro atoms. The second kappa shape index (κ2) is 8.70. The predicted molar refractivity (Wildman–Crippen MR) is 87.1 cm³/mol. The summed E-state index contributed by atoms with van der Waals surface area (Å²) in [6.07, 6.45) is 6.79. The average Bonchev–Trinajstić information content (AvgIpc) is 3.03. The number of halogens is 2. The van der Waals surface area contributed by atoms with Crippen LogP contribution in [-0.4, -0.2) is 46.2 Å². The number of morpholine rings is 1. The van der Waals surface area contributed by atoms with Gasteiger partial charge in [0.25, 0.3) is 0 Å². The third kappa shape index (κ3) is 4.41. The third-order valence-electron chi connectivity index (χ3n) is 3.02. The topological polar surface area (TPSA) is 81.1 Å². The van der Waals surface area contributed by atoms with E-state index in [4.69, 9.17) is 4.74 Å². The number of ether oxygens (including phenoxy) is 1. The van der Waals surface area contributed by atoms with Gasteiger partial charge in [-0.15, -0.1) is 24.8 Å². The van der Waals surface area contributed by atoms with Crippen LogP contribution < -0.4 is 10.6 Å². The number of pyridine rings is 1. The van der Waals surface area contributed by atoms with Crippen LogP contribution in [0.4, 0.5) is 5.69 Å². The van der Waals surface area contributed by atoms with Crippen LogP contribution in [0.1, 0.15) is 0 Å². The molecule has 3 heterocycles. The van der Waals surface area contributed by atoms with E-state index in [1.54, 1.807) is 23.3 Å². The summed E-state index contributed by atoms with van der Waals surface area (Å²) in [5.74, 6) is 0.640. The van der Waals surface area contributed by atoms with Crippen molar-refractivity contribution in [2.24, 2.45) is 0 Å². The molecule has 1 amide bonds. The average molecular weight is 346 g/mol. The quantitative estimate of drug-likeness (QED) is 0.868. The van der Waals surface area contributed by atoms with E-state index in [2.05, 4.69) is 20.6 Å². The van der Waals surface area contributed by atoms with E-state index in [0.717, 1.165) is 5.82 Å². The molecule has 1 fully saturated rings. The molecule has 1 atom stereocenters. The lowest BCUT2D eigenvalue weighted by Gasteiger charge is -2.22. The van der Waals surface area contributed by atoms with Gasteiger partial charge >= 0.3 is 0 Å². The van der Waals surface area contributed by atoms with Crippen molar-refractivity contribution in [1.29, 1.82) is 0 Å². The van der Waals surface area contributed by atoms with Crippen molar-refractivity contribution in [3.05, 3.63) is 37.1 Å². The molecule has 2 aromatic rings. The summed E-state index contributed by atoms with van der Waals surface area (Å²) in [7, 11) is 0. The normalized spacial score (nSPS) is 17.0. The van der Waals surface area contributed by atoms with Gasteiger partial charge in [-0.1, -0.05) is 0 Å². The maximum absolute atomic E-state index is 12.0. The minimum atomic E-state index is -0.308. The molecular weight excluding hydrogens is 329 g/mol. The minimum absolute atomic E-state index is 0. The van der Waals surface area contributed by atoms with Crippen LogP contribution in [0.3, 0.4) is 0 Å². The van der Waals surface area contributed by atoms with Gasteiger partial charge in [-0.2, -0.15) is 0 Å². The maximum atomic E-state index is 12.0. The number of rotatable bonds is 3. The molecule has 0 bridgehead atoms. The predicted octanol–water partition coefficient (Wildman–Crippen LogP) is 1.04. The molecule has 1 saturated heterocycles. The summed E-state index contributed by atoms with van der Waals surface area (Å²) in [6.45, 7) is 1.73. The van der Waals surface area contributed by atoms with Crippen molar-refractivity contribution in [3.63, 3.8) is 0 Å². The molecule has 1 aliphatic heterocycles. The molecule has 0 radical (unpaired) electrons. The van der Waals surface area contributed by atoms with Crippen LogP contribution in [0.5, 0.6) is 0 Å². The maximum Gasteiger partial charge on any atom is 0.243 e. The lowest BCUT2D eigenvalue weighted by atomic mass is 10.2. The van der Waals surface area contributed by atoms with E-state index in [1.807, 2.05) is 18.3 Å². The zero-order valence-corrected chi connectivity index (χ0v) is 13.3. The van der Waals surface area contributed by atoms with Gasteiger partial charge in [0.1, 0.15) is 18.2 Å². The standard InChI is InChI=1S/C13H15N5O2.2ClH/c19-13(11-8-20-6-4-15-11)17-10-1-2-12(16-7-10)18-5-3-14-9-18;;/h1-3,5,7,9,11,15H,4,6,8H2,(H,17,19);2*1H. The Labute approximate surface area is 140 Å². The summed E-state index contributed by atoms with van der Waals surface area (Å²) < 4.78 is 7.05. The fourth-order valence-electron chi connectivity index (χ4n) is 1.97. The monoisotopic (exact) mass is 345 g/mol. The highest BCUT2D eigenvalue weighted by Crippen LogP contribution is 2.10. The molecule has 9 heteroatoms. The van der Waals surface area contributed by atoms with Crippen LogP contribution in [0.2, 0.25) is 0 Å². The first-order valence-electron chi connectivity index (χ1n) is 6.39. The molecule has 22 heavy (non-hydrogen) atoms. The van der Waals surface area contributed by atoms with Crippen molar-refractivity contribution >= 4 is 36.4 Å². The van der Waals surface area contributed by atoms with Gasteiger partial charge in [0.05, 0.1) is 25.1 Å². The summed E-state index contributed by atoms with van der Waals surface area (Å²) in [4.78, 5) is 20.2. The van der Waals surface area contributed by atoms with Gasteiger partial charge < -0.3 is 15.4 Å². The molecule has 3 rings (SSSR count). The molecule has 2 N–H and O–H groups in total. The van der Waals surface area contributed by atoms with Gasteiger partial charge in [0.15, 0.2) is 0 Å². The number of nitrogens with zero attached hydrogens (tertiary/aromatic N) is 3. The number of nitrogens with one attached hydrogen (secondary N) is 2. The van der Waals surface area contributed by atoms with E-state index in [9.17, 15) is 4.79 Å². The zero-order valence-electron chi connectivity index (χ0n) is 11.6. The number of amides is 1. The highest BCUT2D eigenvalue weighted by Gasteiger charge is 2.21. The first kappa shape index (κ1) is 18.4. The second-order valence-electron chi connectivity index (χ2n) is 4.45. The number of carbonyl (C=O) groups excluding carboxylic acids is 1. The number of anilines is 1. The Bertz CT molecular complexity index is 571. The van der Waals surface area contributed by atoms with Crippen molar-refractivity contribution < 1.29 is 9.53 Å². The van der Waals surface area contributed by atoms with E-state index in [1.165, 1.54) is 0 Å². The molecule has 1 aliphatic rings. The number of hydrogen-bond donors (Lipinski definition) is 2. The fourth-order valence-corrected chi connectivity index (χ4v) is 1.97. The third-order valence-corrected chi connectivity index (χ3v) is 3.02. The second-order valence-corrected chi connectivity index (χ2v) is 4.45. The van der Waals surface area contributed by atoms with Crippen molar-refractivity contribution in [1.82, 2.24) is 19.9 Å². The van der Waals surface area contributed by atoms with Gasteiger partial charge in [-0.3, -0.25) is 9.36 Å². The van der Waals surface area contributed by atoms with Crippen LogP contribution in [-0.2, 0) is 9.53 Å². The highest BCUT2D eigenvalue weighted by molar-refractivity contribution is 5.94. The molecule has 0 aliphatic carbocycles. The van der Waals surface area contributed by atoms with E-state index in [-0.39, 0.29) is 36.8 Å². The molecule has 7 nitrogen and oxygen atoms in total. The van der Waals surface area contributed by atoms with Crippen LogP contribution in [0.15, 0.2) is 37.1 Å². The molecule has 0 aromatic carbocycles. The number of hydrogen-bond acceptors (Lipinski definition) is 5. The van der Waals surface area contributed by atoms with Crippen LogP contribution in [0.25, 0.3) is 5.82 Å². The summed E-state index contributed by atoms with van der Waals surface area (Å²) in [5, 5.41) is 5.92. The molecular formula is C13H17Cl2N5O2. The summed E-state index contributed by atoms with van der Waals surface area (Å²) in [5.41, 5.74) is 0.659. The van der Waals surface area contributed by atoms with Crippen molar-refractivity contribution in [3.8, 4) is 5.82 Å². The minimum Gasteiger partial charge on any atom is -0.378 e. The van der Waals surface area contributed by atoms with E-state index >= 15 is 0 Å². The number of imidazole rings is 1. The van der Waals surface area contributed by atoms with Gasteiger partial charge in [0, 0.05) is 18.9 Å². The molecule has 120 valence electrons. The number of carbonyl (C=O) groups is 1. The summed E-state index contributed by atoms with van der Waals surface area (Å²) in [6, 6.07) is 3.32. The Morgan fingerprint density at radius 3 is 2.86 bits per heavy atom. The van der Waals surface area contributed by atoms with Crippen LogP contribution >= 0.6 is 24.8 Å². The zero-order chi connectivity index (χ0) is 13.8. The molecule has 1 unspecified atom stereocenters. The highest BCUT2D eigenvalue weighted by atomic mass is 35.5. The van der Waals surface area contributed by atoms with Gasteiger partial charge in [-0.25, -0.2) is 9.97 Å². The Hall–Kier alpha value is -1.67. The molecule has 2 aromatic heterocycles. The van der Waals surface area contributed by atoms with Crippen molar-refractivity contribution in [2.75, 3.05) is 25.1 Å². The van der Waals surface area contributed by atoms with Gasteiger partial charge in [-0.05, 0) is 12.1 Å². The van der Waals surface area contributed by atoms with Crippen molar-refractivity contribution in [2.45, 2.75) is 6.04 Å². The van der Waals surface area contributed by atoms with E-state index in [0.29, 0.717) is 25.4 Å². The van der Waals surface area contributed by atoms with E-state index < -0.39 is 0 Å². The Morgan fingerprint density at radius 1 is 1.41 bits per heavy atom. The molecule has 0 saturated carbocycles. The largest absolute Gasteiger partial charge is 0.378 e. The lowest BCUT2D eigenvalue weighted by molar-refractivity contribution is -0.120. The Kier molecular flexibility index (Phi) is 7.26. The Balaban J connectivity index is 0.00000121. The Morgan fingerprint density at radius 2 is 2.27 bits per heavy atom. The number of aromatic nitrogens is 3. The van der Waals surface area contributed by atoms with Crippen LogP contribution in [0, 0.1) is 0 Å². The smallest absolute Gasteiger partial charge is 0.243 e. The lowest BCUT2D eigenvalue weighted by Crippen LogP contribution is -2.48. The first-order chi connectivity index (χ1) is 9.83. The van der Waals surface area contributed by atoms with Gasteiger partial charge in [0.2, 0.25) is 5.91 Å². The summed E-state index contributed by atoms with van der Waals surface area (Å²) >= 11 is 0. The SMILES string of the molecule is Cl.Cl.O=C(Nc1ccc(-n2ccnc2)nc1)C1COCCN1. The first-order valence-corrected chi connectivity index (χ1v) is 6.39. The fraction of sp³-hybridized carbons (Fsp3) is 0.308.